The minimum atomic E-state index is -0.959. The van der Waals surface area contributed by atoms with Crippen molar-refractivity contribution in [3.8, 4) is 0 Å². The van der Waals surface area contributed by atoms with Crippen LogP contribution in [0.4, 0.5) is 0 Å². The minimum Gasteiger partial charge on any atom is -0.480 e. The summed E-state index contributed by atoms with van der Waals surface area (Å²) in [4.78, 5) is 43.6. The van der Waals surface area contributed by atoms with Crippen molar-refractivity contribution in [3.63, 3.8) is 0 Å². The third kappa shape index (κ3) is 34.9. The van der Waals surface area contributed by atoms with Crippen LogP contribution in [-0.4, -0.2) is 70.3 Å². The Morgan fingerprint density at radius 3 is 1.61 bits per heavy atom. The van der Waals surface area contributed by atoms with Gasteiger partial charge in [-0.3, -0.25) is 14.4 Å². The maximum absolute atomic E-state index is 11.9. The Kier molecular flexibility index (Phi) is 35.6. The van der Waals surface area contributed by atoms with E-state index in [1.807, 2.05) is 30.3 Å². The Labute approximate surface area is 307 Å². The second-order valence-electron chi connectivity index (χ2n) is 12.9. The Balaban J connectivity index is 0. The van der Waals surface area contributed by atoms with Crippen LogP contribution in [0.1, 0.15) is 141 Å². The molecule has 1 rings (SSSR count). The van der Waals surface area contributed by atoms with Gasteiger partial charge in [0.2, 0.25) is 5.91 Å². The van der Waals surface area contributed by atoms with Gasteiger partial charge in [-0.2, -0.15) is 0 Å². The van der Waals surface area contributed by atoms with Crippen LogP contribution in [0, 0.1) is 0 Å². The van der Waals surface area contributed by atoms with Crippen LogP contribution >= 0.6 is 0 Å². The third-order valence-electron chi connectivity index (χ3n) is 8.15. The zero-order valence-electron chi connectivity index (χ0n) is 31.3. The summed E-state index contributed by atoms with van der Waals surface area (Å²) >= 11 is 0. The summed E-state index contributed by atoms with van der Waals surface area (Å²) < 4.78 is 0. The largest absolute Gasteiger partial charge is 0.480 e. The van der Waals surface area contributed by atoms with E-state index in [-0.39, 0.29) is 5.91 Å². The van der Waals surface area contributed by atoms with Crippen LogP contribution in [0.2, 0.25) is 0 Å². The molecular weight excluding hydrogens is 650 g/mol. The van der Waals surface area contributed by atoms with Gasteiger partial charge in [-0.25, -0.2) is 4.79 Å². The van der Waals surface area contributed by atoms with E-state index in [9.17, 15) is 24.3 Å². The lowest BCUT2D eigenvalue weighted by Crippen LogP contribution is -2.40. The number of hydrogen-bond donors (Lipinski definition) is 8. The van der Waals surface area contributed by atoms with Gasteiger partial charge in [0.1, 0.15) is 18.1 Å². The van der Waals surface area contributed by atoms with Gasteiger partial charge in [-0.05, 0) is 89.3 Å². The van der Waals surface area contributed by atoms with E-state index in [1.54, 1.807) is 0 Å². The molecule has 0 radical (unpaired) electrons. The number of benzene rings is 1. The zero-order valence-corrected chi connectivity index (χ0v) is 31.3. The molecule has 51 heavy (non-hydrogen) atoms. The standard InChI is InChI=1S/C24H46N2O3.C9H11NO2.C6H14N2O2/c1-2-3-4-5-6-7-8-9-10-11-12-13-14-15-16-20-23(27)26-22(24(28)29)19-17-18-21-25;10-8(9(11)12)6-7-4-2-1-3-5-7;7-4-2-1-3-5(8)6(9)10/h9-10,22H,2-8,11-21,25H2,1H3,(H,26,27)(H,28,29);1-5,8H,6,10H2,(H,11,12);5H,1-4,7-8H2,(H,9,10)/b10-9+;;. The monoisotopic (exact) mass is 722 g/mol. The number of nitrogens with two attached hydrogens (primary N) is 4. The maximum Gasteiger partial charge on any atom is 0.326 e. The SMILES string of the molecule is CCCCCCCC/C=C/CCCCCCCC(=O)NC(CCCCN)C(=O)O.NC(Cc1ccccc1)C(=O)O.NCCCCC(N)C(=O)O. The van der Waals surface area contributed by atoms with Crippen LogP contribution in [-0.2, 0) is 25.6 Å². The number of carbonyl (C=O) groups is 4. The molecule has 12 heteroatoms. The Hall–Kier alpha value is -3.32. The second kappa shape index (κ2) is 36.5. The quantitative estimate of drug-likeness (QED) is 0.0358. The van der Waals surface area contributed by atoms with Crippen LogP contribution in [0.25, 0.3) is 0 Å². The molecule has 3 unspecified atom stereocenters. The van der Waals surface area contributed by atoms with Crippen LogP contribution in [0.3, 0.4) is 0 Å². The third-order valence-corrected chi connectivity index (χ3v) is 8.15. The molecule has 294 valence electrons. The van der Waals surface area contributed by atoms with Gasteiger partial charge in [0, 0.05) is 6.42 Å². The summed E-state index contributed by atoms with van der Waals surface area (Å²) in [5, 5.41) is 28.7. The van der Waals surface area contributed by atoms with Gasteiger partial charge in [-0.15, -0.1) is 0 Å². The Morgan fingerprint density at radius 2 is 1.12 bits per heavy atom. The molecule has 0 heterocycles. The molecule has 0 spiro atoms. The normalized spacial score (nSPS) is 12.5. The van der Waals surface area contributed by atoms with Crippen molar-refractivity contribution in [2.24, 2.45) is 22.9 Å². The first kappa shape index (κ1) is 49.8. The molecule has 3 atom stereocenters. The molecule has 1 aromatic rings. The number of hydrogen-bond acceptors (Lipinski definition) is 8. The topological polar surface area (TPSA) is 245 Å². The van der Waals surface area contributed by atoms with Gasteiger partial charge < -0.3 is 43.6 Å². The number of allylic oxidation sites excluding steroid dienone is 2. The van der Waals surface area contributed by atoms with Gasteiger partial charge in [0.25, 0.3) is 0 Å². The summed E-state index contributed by atoms with van der Waals surface area (Å²) in [6, 6.07) is 7.05. The molecule has 0 aromatic heterocycles. The number of carboxylic acid groups (broad SMARTS) is 3. The fraction of sp³-hybridized carbons (Fsp3) is 0.692. The number of carbonyl (C=O) groups excluding carboxylic acids is 1. The molecule has 12 N–H and O–H groups in total. The number of rotatable bonds is 29. The number of unbranched alkanes of at least 4 members (excludes halogenated alkanes) is 13. The highest BCUT2D eigenvalue weighted by Gasteiger charge is 2.19. The van der Waals surface area contributed by atoms with E-state index in [0.717, 1.165) is 56.9 Å². The van der Waals surface area contributed by atoms with Crippen LogP contribution in [0.5, 0.6) is 0 Å². The first-order valence-corrected chi connectivity index (χ1v) is 19.1. The molecule has 0 aliphatic rings. The first-order valence-electron chi connectivity index (χ1n) is 19.1. The van der Waals surface area contributed by atoms with Gasteiger partial charge in [0.05, 0.1) is 0 Å². The highest BCUT2D eigenvalue weighted by Crippen LogP contribution is 2.10. The summed E-state index contributed by atoms with van der Waals surface area (Å²) in [5.74, 6) is -3.00. The number of nitrogens with one attached hydrogen (secondary N) is 1. The minimum absolute atomic E-state index is 0.150. The van der Waals surface area contributed by atoms with Crippen LogP contribution < -0.4 is 28.3 Å². The lowest BCUT2D eigenvalue weighted by atomic mass is 10.1. The molecule has 0 saturated carbocycles. The Morgan fingerprint density at radius 1 is 0.627 bits per heavy atom. The first-order chi connectivity index (χ1) is 24.5. The molecule has 1 amide bonds. The summed E-state index contributed by atoms with van der Waals surface area (Å²) in [6.45, 7) is 3.41. The molecule has 0 saturated heterocycles. The van der Waals surface area contributed by atoms with Crippen molar-refractivity contribution >= 4 is 23.8 Å². The molecule has 0 fully saturated rings. The van der Waals surface area contributed by atoms with E-state index < -0.39 is 36.0 Å². The lowest BCUT2D eigenvalue weighted by molar-refractivity contribution is -0.142. The van der Waals surface area contributed by atoms with E-state index >= 15 is 0 Å². The van der Waals surface area contributed by atoms with Gasteiger partial charge in [-0.1, -0.05) is 107 Å². The molecular formula is C39H71N5O7. The zero-order chi connectivity index (χ0) is 38.5. The number of aliphatic carboxylic acids is 3. The lowest BCUT2D eigenvalue weighted by Gasteiger charge is -2.14. The molecule has 0 aliphatic heterocycles. The van der Waals surface area contributed by atoms with Crippen LogP contribution in [0.15, 0.2) is 42.5 Å². The smallest absolute Gasteiger partial charge is 0.326 e. The molecule has 0 aliphatic carbocycles. The predicted molar refractivity (Wildman–Crippen MR) is 206 cm³/mol. The summed E-state index contributed by atoms with van der Waals surface area (Å²) in [7, 11) is 0. The van der Waals surface area contributed by atoms with E-state index in [1.165, 1.54) is 57.8 Å². The molecule has 12 nitrogen and oxygen atoms in total. The van der Waals surface area contributed by atoms with Crippen molar-refractivity contribution in [1.82, 2.24) is 5.32 Å². The second-order valence-corrected chi connectivity index (χ2v) is 12.9. The van der Waals surface area contributed by atoms with Crippen molar-refractivity contribution in [1.29, 1.82) is 0 Å². The highest BCUT2D eigenvalue weighted by molar-refractivity contribution is 5.83. The Bertz CT molecular complexity index is 1030. The number of carboxylic acids is 3. The maximum atomic E-state index is 11.9. The average molecular weight is 722 g/mol. The van der Waals surface area contributed by atoms with E-state index in [4.69, 9.17) is 33.1 Å². The summed E-state index contributed by atoms with van der Waals surface area (Å²) in [5.41, 5.74) is 22.1. The van der Waals surface area contributed by atoms with Crippen molar-refractivity contribution in [3.05, 3.63) is 48.0 Å². The number of amides is 1. The fourth-order valence-electron chi connectivity index (χ4n) is 4.96. The summed E-state index contributed by atoms with van der Waals surface area (Å²) in [6.07, 6.45) is 25.5. The van der Waals surface area contributed by atoms with Crippen molar-refractivity contribution in [2.45, 2.75) is 160 Å². The van der Waals surface area contributed by atoms with Gasteiger partial charge >= 0.3 is 17.9 Å². The molecule has 1 aromatic carbocycles. The highest BCUT2D eigenvalue weighted by atomic mass is 16.4. The van der Waals surface area contributed by atoms with Crippen molar-refractivity contribution < 1.29 is 34.5 Å². The van der Waals surface area contributed by atoms with Gasteiger partial charge in [0.15, 0.2) is 0 Å². The van der Waals surface area contributed by atoms with E-state index in [2.05, 4.69) is 24.4 Å². The fourth-order valence-corrected chi connectivity index (χ4v) is 4.96. The predicted octanol–water partition coefficient (Wildman–Crippen LogP) is 5.89. The van der Waals surface area contributed by atoms with Crippen molar-refractivity contribution in [2.75, 3.05) is 13.1 Å². The average Bonchev–Trinajstić information content (AvgIpc) is 3.10. The van der Waals surface area contributed by atoms with E-state index in [0.29, 0.717) is 38.8 Å². The molecule has 0 bridgehead atoms.